The summed E-state index contributed by atoms with van der Waals surface area (Å²) in [4.78, 5) is 3.51. The quantitative estimate of drug-likeness (QED) is 0.399. The molecule has 1 heterocycles. The maximum atomic E-state index is 13.2. The third-order valence-corrected chi connectivity index (χ3v) is 6.93. The molecule has 0 fully saturated rings. The van der Waals surface area contributed by atoms with Crippen molar-refractivity contribution in [2.75, 3.05) is 0 Å². The van der Waals surface area contributed by atoms with Gasteiger partial charge in [-0.25, -0.2) is 8.42 Å². The van der Waals surface area contributed by atoms with E-state index in [2.05, 4.69) is 25.6 Å². The monoisotopic (exact) mass is 468 g/mol. The second-order valence-electron chi connectivity index (χ2n) is 7.21. The SMILES string of the molecule is Cc1ccc(C(NS(=O)(=O)c2ccc(C)cc2)c2c[nH]c3ccc(Br)cc23)cc1. The number of rotatable bonds is 5. The van der Waals surface area contributed by atoms with E-state index >= 15 is 0 Å². The molecule has 148 valence electrons. The minimum absolute atomic E-state index is 0.251. The largest absolute Gasteiger partial charge is 0.361 e. The first kappa shape index (κ1) is 19.9. The summed E-state index contributed by atoms with van der Waals surface area (Å²) >= 11 is 3.52. The molecule has 0 aliphatic rings. The molecule has 0 aliphatic carbocycles. The second-order valence-corrected chi connectivity index (χ2v) is 9.84. The molecule has 0 saturated heterocycles. The number of benzene rings is 3. The van der Waals surface area contributed by atoms with E-state index in [0.717, 1.165) is 37.6 Å². The number of sulfonamides is 1. The van der Waals surface area contributed by atoms with Crippen LogP contribution < -0.4 is 4.72 Å². The number of hydrogen-bond donors (Lipinski definition) is 2. The Morgan fingerprint density at radius 3 is 2.17 bits per heavy atom. The molecule has 0 aliphatic heterocycles. The van der Waals surface area contributed by atoms with Crippen molar-refractivity contribution in [3.8, 4) is 0 Å². The minimum atomic E-state index is -3.71. The Morgan fingerprint density at radius 1 is 0.897 bits per heavy atom. The van der Waals surface area contributed by atoms with Crippen molar-refractivity contribution in [3.63, 3.8) is 0 Å². The number of aryl methyl sites for hydroxylation is 2. The van der Waals surface area contributed by atoms with E-state index in [1.165, 1.54) is 0 Å². The van der Waals surface area contributed by atoms with Gasteiger partial charge in [0.15, 0.2) is 0 Å². The van der Waals surface area contributed by atoms with Crippen molar-refractivity contribution in [3.05, 3.63) is 99.7 Å². The molecule has 0 saturated carbocycles. The summed E-state index contributed by atoms with van der Waals surface area (Å²) in [6.07, 6.45) is 1.87. The summed E-state index contributed by atoms with van der Waals surface area (Å²) in [5.74, 6) is 0. The van der Waals surface area contributed by atoms with Crippen molar-refractivity contribution in [2.24, 2.45) is 0 Å². The Kier molecular flexibility index (Phi) is 5.34. The van der Waals surface area contributed by atoms with Crippen LogP contribution in [0.5, 0.6) is 0 Å². The molecular formula is C23H21BrN2O2S. The second kappa shape index (κ2) is 7.78. The minimum Gasteiger partial charge on any atom is -0.361 e. The lowest BCUT2D eigenvalue weighted by Crippen LogP contribution is -2.29. The van der Waals surface area contributed by atoms with Gasteiger partial charge < -0.3 is 4.98 Å². The maximum Gasteiger partial charge on any atom is 0.241 e. The van der Waals surface area contributed by atoms with Crippen LogP contribution in [0.2, 0.25) is 0 Å². The topological polar surface area (TPSA) is 62.0 Å². The predicted molar refractivity (Wildman–Crippen MR) is 121 cm³/mol. The van der Waals surface area contributed by atoms with Gasteiger partial charge in [-0.05, 0) is 55.3 Å². The van der Waals surface area contributed by atoms with Crippen LogP contribution in [0.3, 0.4) is 0 Å². The lowest BCUT2D eigenvalue weighted by molar-refractivity contribution is 0.572. The highest BCUT2D eigenvalue weighted by Gasteiger charge is 2.25. The number of aromatic amines is 1. The fraction of sp³-hybridized carbons (Fsp3) is 0.130. The Bertz CT molecular complexity index is 1260. The summed E-state index contributed by atoms with van der Waals surface area (Å²) in [6, 6.07) is 20.2. The zero-order chi connectivity index (χ0) is 20.6. The molecule has 29 heavy (non-hydrogen) atoms. The van der Waals surface area contributed by atoms with Crippen molar-refractivity contribution in [1.82, 2.24) is 9.71 Å². The van der Waals surface area contributed by atoms with Crippen LogP contribution in [0.1, 0.15) is 28.3 Å². The van der Waals surface area contributed by atoms with E-state index in [1.54, 1.807) is 24.3 Å². The summed E-state index contributed by atoms with van der Waals surface area (Å²) in [5, 5.41) is 0.969. The van der Waals surface area contributed by atoms with Crippen molar-refractivity contribution < 1.29 is 8.42 Å². The first-order valence-electron chi connectivity index (χ1n) is 9.25. The molecule has 3 aromatic carbocycles. The normalized spacial score (nSPS) is 12.9. The molecule has 0 spiro atoms. The van der Waals surface area contributed by atoms with Crippen molar-refractivity contribution >= 4 is 36.9 Å². The van der Waals surface area contributed by atoms with Gasteiger partial charge in [-0.3, -0.25) is 0 Å². The Morgan fingerprint density at radius 2 is 1.52 bits per heavy atom. The van der Waals surface area contributed by atoms with E-state index in [1.807, 2.05) is 62.5 Å². The van der Waals surface area contributed by atoms with E-state index in [-0.39, 0.29) is 4.90 Å². The average molecular weight is 469 g/mol. The highest BCUT2D eigenvalue weighted by atomic mass is 79.9. The van der Waals surface area contributed by atoms with Gasteiger partial charge in [0, 0.05) is 21.6 Å². The lowest BCUT2D eigenvalue weighted by Gasteiger charge is -2.20. The Hall–Kier alpha value is -2.41. The summed E-state index contributed by atoms with van der Waals surface area (Å²) in [5.41, 5.74) is 4.85. The van der Waals surface area contributed by atoms with Gasteiger partial charge in [0.05, 0.1) is 10.9 Å². The molecule has 1 unspecified atom stereocenters. The number of halogens is 1. The van der Waals surface area contributed by atoms with Gasteiger partial charge in [0.2, 0.25) is 10.0 Å². The lowest BCUT2D eigenvalue weighted by atomic mass is 9.98. The summed E-state index contributed by atoms with van der Waals surface area (Å²) in [7, 11) is -3.71. The predicted octanol–water partition coefficient (Wildman–Crippen LogP) is 5.62. The van der Waals surface area contributed by atoms with Crippen molar-refractivity contribution in [2.45, 2.75) is 24.8 Å². The fourth-order valence-corrected chi connectivity index (χ4v) is 4.93. The highest BCUT2D eigenvalue weighted by molar-refractivity contribution is 9.10. The molecule has 1 atom stereocenters. The first-order valence-corrected chi connectivity index (χ1v) is 11.5. The maximum absolute atomic E-state index is 13.2. The molecule has 4 aromatic rings. The fourth-order valence-electron chi connectivity index (χ4n) is 3.36. The summed E-state index contributed by atoms with van der Waals surface area (Å²) in [6.45, 7) is 3.95. The van der Waals surface area contributed by atoms with Crippen LogP contribution in [0.4, 0.5) is 0 Å². The third-order valence-electron chi connectivity index (χ3n) is 5.00. The number of H-pyrrole nitrogens is 1. The van der Waals surface area contributed by atoms with Gasteiger partial charge in [-0.2, -0.15) is 4.72 Å². The standard InChI is InChI=1S/C23H21BrN2O2S/c1-15-3-7-17(8-4-15)23(21-14-25-22-12-9-18(24)13-20(21)22)26-29(27,28)19-10-5-16(2)6-11-19/h3-14,23,25-26H,1-2H3. The molecule has 0 bridgehead atoms. The van der Waals surface area contributed by atoms with Gasteiger partial charge in [0.25, 0.3) is 0 Å². The van der Waals surface area contributed by atoms with Gasteiger partial charge in [0.1, 0.15) is 0 Å². The smallest absolute Gasteiger partial charge is 0.241 e. The van der Waals surface area contributed by atoms with Crippen LogP contribution in [0.15, 0.2) is 82.3 Å². The molecule has 2 N–H and O–H groups in total. The van der Waals surface area contributed by atoms with E-state index < -0.39 is 16.1 Å². The van der Waals surface area contributed by atoms with Crippen LogP contribution in [-0.2, 0) is 10.0 Å². The number of nitrogens with one attached hydrogen (secondary N) is 2. The zero-order valence-corrected chi connectivity index (χ0v) is 18.5. The molecule has 4 rings (SSSR count). The number of aromatic nitrogens is 1. The number of hydrogen-bond acceptors (Lipinski definition) is 2. The molecule has 4 nitrogen and oxygen atoms in total. The van der Waals surface area contributed by atoms with Crippen molar-refractivity contribution in [1.29, 1.82) is 0 Å². The molecule has 0 amide bonds. The summed E-state index contributed by atoms with van der Waals surface area (Å²) < 4.78 is 30.2. The van der Waals surface area contributed by atoms with Crippen LogP contribution in [0.25, 0.3) is 10.9 Å². The van der Waals surface area contributed by atoms with Crippen LogP contribution in [-0.4, -0.2) is 13.4 Å². The average Bonchev–Trinajstić information content (AvgIpc) is 3.10. The Balaban J connectivity index is 1.83. The van der Waals surface area contributed by atoms with E-state index in [0.29, 0.717) is 0 Å². The third kappa shape index (κ3) is 4.15. The molecule has 1 aromatic heterocycles. The molecule has 0 radical (unpaired) electrons. The molecular weight excluding hydrogens is 448 g/mol. The Labute approximate surface area is 179 Å². The first-order chi connectivity index (χ1) is 13.8. The van der Waals surface area contributed by atoms with E-state index in [9.17, 15) is 8.42 Å². The van der Waals surface area contributed by atoms with Gasteiger partial charge >= 0.3 is 0 Å². The van der Waals surface area contributed by atoms with Gasteiger partial charge in [-0.15, -0.1) is 0 Å². The number of fused-ring (bicyclic) bond motifs is 1. The zero-order valence-electron chi connectivity index (χ0n) is 16.1. The van der Waals surface area contributed by atoms with Crippen LogP contribution >= 0.6 is 15.9 Å². The van der Waals surface area contributed by atoms with Gasteiger partial charge in [-0.1, -0.05) is 63.5 Å². The van der Waals surface area contributed by atoms with E-state index in [4.69, 9.17) is 0 Å². The van der Waals surface area contributed by atoms with Crippen LogP contribution in [0, 0.1) is 13.8 Å². The molecule has 6 heteroatoms. The highest BCUT2D eigenvalue weighted by Crippen LogP contribution is 2.32.